The monoisotopic (exact) mass is 541 g/mol. The molecule has 0 saturated heterocycles. The first-order valence-corrected chi connectivity index (χ1v) is 14.6. The molecule has 1 aromatic heterocycles. The van der Waals surface area contributed by atoms with Gasteiger partial charge in [-0.3, -0.25) is 0 Å². The van der Waals surface area contributed by atoms with Gasteiger partial charge in [-0.2, -0.15) is 0 Å². The predicted octanol–water partition coefficient (Wildman–Crippen LogP) is 11.3. The summed E-state index contributed by atoms with van der Waals surface area (Å²) >= 11 is 0. The highest BCUT2D eigenvalue weighted by Crippen LogP contribution is 2.51. The topological polar surface area (TPSA) is 16.4 Å². The standard InChI is InChI=1S/C40H31NO/c1-26-11-9-15-33-34-16-10-18-37(39(34)42-38(26)33)41(29-21-19-28(20-22-29)27-12-5-4-6-13-27)30-23-24-32-31-14-7-8-17-35(31)40(2,3)36(32)25-30/h4-25H,1-3H3. The first kappa shape index (κ1) is 24.7. The summed E-state index contributed by atoms with van der Waals surface area (Å²) in [4.78, 5) is 2.36. The van der Waals surface area contributed by atoms with E-state index in [9.17, 15) is 0 Å². The summed E-state index contributed by atoms with van der Waals surface area (Å²) < 4.78 is 6.67. The van der Waals surface area contributed by atoms with E-state index in [-0.39, 0.29) is 5.41 Å². The van der Waals surface area contributed by atoms with E-state index in [1.54, 1.807) is 0 Å². The van der Waals surface area contributed by atoms with E-state index in [0.717, 1.165) is 44.6 Å². The van der Waals surface area contributed by atoms with Crippen LogP contribution in [-0.4, -0.2) is 0 Å². The molecule has 0 atom stereocenters. The van der Waals surface area contributed by atoms with Crippen molar-refractivity contribution < 1.29 is 4.42 Å². The molecule has 0 bridgehead atoms. The molecule has 0 fully saturated rings. The van der Waals surface area contributed by atoms with Crippen LogP contribution in [-0.2, 0) is 5.41 Å². The lowest BCUT2D eigenvalue weighted by Gasteiger charge is -2.28. The maximum Gasteiger partial charge on any atom is 0.159 e. The third-order valence-corrected chi connectivity index (χ3v) is 9.00. The Labute approximate surface area is 246 Å². The Morgan fingerprint density at radius 3 is 1.98 bits per heavy atom. The van der Waals surface area contributed by atoms with Gasteiger partial charge in [0, 0.05) is 27.6 Å². The molecule has 2 nitrogen and oxygen atoms in total. The van der Waals surface area contributed by atoms with Gasteiger partial charge in [-0.05, 0) is 76.2 Å². The number of fused-ring (bicyclic) bond motifs is 6. The summed E-state index contributed by atoms with van der Waals surface area (Å²) in [6.45, 7) is 6.79. The largest absolute Gasteiger partial charge is 0.454 e. The smallest absolute Gasteiger partial charge is 0.159 e. The van der Waals surface area contributed by atoms with Crippen LogP contribution in [0.3, 0.4) is 0 Å². The fourth-order valence-electron chi connectivity index (χ4n) is 6.81. The predicted molar refractivity (Wildman–Crippen MR) is 176 cm³/mol. The molecule has 1 aliphatic carbocycles. The van der Waals surface area contributed by atoms with E-state index in [4.69, 9.17) is 4.42 Å². The van der Waals surface area contributed by atoms with E-state index in [2.05, 4.69) is 159 Å². The number of nitrogens with zero attached hydrogens (tertiary/aromatic N) is 1. The van der Waals surface area contributed by atoms with Gasteiger partial charge in [0.05, 0.1) is 5.69 Å². The number of aryl methyl sites for hydroxylation is 1. The summed E-state index contributed by atoms with van der Waals surface area (Å²) in [5, 5.41) is 2.28. The van der Waals surface area contributed by atoms with Gasteiger partial charge in [0.15, 0.2) is 5.58 Å². The van der Waals surface area contributed by atoms with Crippen LogP contribution in [0.2, 0.25) is 0 Å². The quantitative estimate of drug-likeness (QED) is 0.220. The summed E-state index contributed by atoms with van der Waals surface area (Å²) in [5.74, 6) is 0. The zero-order valence-corrected chi connectivity index (χ0v) is 24.1. The SMILES string of the molecule is Cc1cccc2c1oc1c(N(c3ccc(-c4ccccc4)cc3)c3ccc4c(c3)C(C)(C)c3ccccc3-4)cccc12. The van der Waals surface area contributed by atoms with Crippen LogP contribution in [0.5, 0.6) is 0 Å². The second-order valence-corrected chi connectivity index (χ2v) is 11.9. The van der Waals surface area contributed by atoms with Crippen molar-refractivity contribution in [1.29, 1.82) is 0 Å². The molecule has 0 unspecified atom stereocenters. The number of para-hydroxylation sites is 2. The number of rotatable bonds is 4. The van der Waals surface area contributed by atoms with Crippen LogP contribution in [0.1, 0.15) is 30.5 Å². The zero-order valence-electron chi connectivity index (χ0n) is 24.1. The molecule has 2 heteroatoms. The molecular weight excluding hydrogens is 510 g/mol. The average molecular weight is 542 g/mol. The van der Waals surface area contributed by atoms with Crippen molar-refractivity contribution in [3.8, 4) is 22.3 Å². The van der Waals surface area contributed by atoms with Crippen molar-refractivity contribution in [3.05, 3.63) is 150 Å². The molecule has 6 aromatic carbocycles. The molecule has 0 saturated carbocycles. The first-order chi connectivity index (χ1) is 20.5. The van der Waals surface area contributed by atoms with E-state index in [1.165, 1.54) is 33.4 Å². The highest BCUT2D eigenvalue weighted by molar-refractivity contribution is 6.11. The van der Waals surface area contributed by atoms with Crippen molar-refractivity contribution >= 4 is 39.0 Å². The Morgan fingerprint density at radius 2 is 1.17 bits per heavy atom. The van der Waals surface area contributed by atoms with Gasteiger partial charge in [0.2, 0.25) is 0 Å². The van der Waals surface area contributed by atoms with Crippen molar-refractivity contribution in [3.63, 3.8) is 0 Å². The maximum absolute atomic E-state index is 6.67. The molecule has 42 heavy (non-hydrogen) atoms. The molecule has 1 heterocycles. The minimum absolute atomic E-state index is 0.0900. The molecule has 0 aliphatic heterocycles. The number of anilines is 3. The minimum atomic E-state index is -0.0900. The van der Waals surface area contributed by atoms with Crippen LogP contribution in [0.4, 0.5) is 17.1 Å². The Balaban J connectivity index is 1.35. The fourth-order valence-corrected chi connectivity index (χ4v) is 6.81. The van der Waals surface area contributed by atoms with Crippen LogP contribution < -0.4 is 4.90 Å². The van der Waals surface area contributed by atoms with Crippen LogP contribution in [0, 0.1) is 6.92 Å². The lowest BCUT2D eigenvalue weighted by molar-refractivity contribution is 0.660. The van der Waals surface area contributed by atoms with Gasteiger partial charge in [0.25, 0.3) is 0 Å². The number of hydrogen-bond acceptors (Lipinski definition) is 2. The Morgan fingerprint density at radius 1 is 0.524 bits per heavy atom. The van der Waals surface area contributed by atoms with Gasteiger partial charge >= 0.3 is 0 Å². The Kier molecular flexibility index (Phi) is 5.42. The first-order valence-electron chi connectivity index (χ1n) is 14.6. The summed E-state index contributed by atoms with van der Waals surface area (Å²) in [7, 11) is 0. The maximum atomic E-state index is 6.67. The highest BCUT2D eigenvalue weighted by atomic mass is 16.3. The van der Waals surface area contributed by atoms with Gasteiger partial charge < -0.3 is 9.32 Å². The second kappa shape index (κ2) is 9.22. The van der Waals surface area contributed by atoms with E-state index in [0.29, 0.717) is 0 Å². The number of hydrogen-bond donors (Lipinski definition) is 0. The van der Waals surface area contributed by atoms with E-state index >= 15 is 0 Å². The Bertz CT molecular complexity index is 2120. The van der Waals surface area contributed by atoms with E-state index in [1.807, 2.05) is 0 Å². The molecule has 0 amide bonds. The van der Waals surface area contributed by atoms with E-state index < -0.39 is 0 Å². The molecule has 7 aromatic rings. The summed E-state index contributed by atoms with van der Waals surface area (Å²) in [6.07, 6.45) is 0. The molecule has 8 rings (SSSR count). The number of furan rings is 1. The summed E-state index contributed by atoms with van der Waals surface area (Å²) in [6, 6.07) is 48.1. The van der Waals surface area contributed by atoms with Gasteiger partial charge in [-0.25, -0.2) is 0 Å². The molecule has 0 spiro atoms. The van der Waals surface area contributed by atoms with Crippen molar-refractivity contribution in [1.82, 2.24) is 0 Å². The lowest BCUT2D eigenvalue weighted by Crippen LogP contribution is -2.16. The van der Waals surface area contributed by atoms with Crippen molar-refractivity contribution in [2.45, 2.75) is 26.2 Å². The molecule has 0 N–H and O–H groups in total. The molecule has 1 aliphatic rings. The molecule has 0 radical (unpaired) electrons. The second-order valence-electron chi connectivity index (χ2n) is 11.9. The van der Waals surface area contributed by atoms with Crippen LogP contribution in [0.25, 0.3) is 44.2 Å². The average Bonchev–Trinajstić information content (AvgIpc) is 3.52. The van der Waals surface area contributed by atoms with Gasteiger partial charge in [-0.1, -0.05) is 117 Å². The van der Waals surface area contributed by atoms with Crippen molar-refractivity contribution in [2.75, 3.05) is 4.90 Å². The highest BCUT2D eigenvalue weighted by Gasteiger charge is 2.35. The Hall–Kier alpha value is -5.08. The minimum Gasteiger partial charge on any atom is -0.454 e. The third kappa shape index (κ3) is 3.65. The zero-order chi connectivity index (χ0) is 28.4. The van der Waals surface area contributed by atoms with Crippen molar-refractivity contribution in [2.24, 2.45) is 0 Å². The van der Waals surface area contributed by atoms with Gasteiger partial charge in [-0.15, -0.1) is 0 Å². The van der Waals surface area contributed by atoms with Crippen LogP contribution in [0.15, 0.2) is 138 Å². The normalized spacial score (nSPS) is 13.3. The van der Waals surface area contributed by atoms with Crippen LogP contribution >= 0.6 is 0 Å². The summed E-state index contributed by atoms with van der Waals surface area (Å²) in [5.41, 5.74) is 13.9. The van der Waals surface area contributed by atoms with Gasteiger partial charge in [0.1, 0.15) is 5.58 Å². The third-order valence-electron chi connectivity index (χ3n) is 9.00. The lowest BCUT2D eigenvalue weighted by atomic mass is 9.82. The fraction of sp³-hybridized carbons (Fsp3) is 0.100. The molecule has 202 valence electrons. The molecular formula is C40H31NO. The number of benzene rings is 6.